The molecule has 3 heterocycles. The second-order valence-electron chi connectivity index (χ2n) is 8.55. The number of amides is 3. The molecule has 1 aromatic heterocycles. The van der Waals surface area contributed by atoms with Gasteiger partial charge in [-0.2, -0.15) is 0 Å². The van der Waals surface area contributed by atoms with Crippen molar-refractivity contribution in [3.63, 3.8) is 0 Å². The maximum absolute atomic E-state index is 13.1. The van der Waals surface area contributed by atoms with Crippen molar-refractivity contribution in [1.29, 1.82) is 0 Å². The molecule has 5 rings (SSSR count). The summed E-state index contributed by atoms with van der Waals surface area (Å²) in [6, 6.07) is 17.7. The van der Waals surface area contributed by atoms with Crippen molar-refractivity contribution < 1.29 is 14.0 Å². The van der Waals surface area contributed by atoms with E-state index in [4.69, 9.17) is 0 Å². The van der Waals surface area contributed by atoms with Gasteiger partial charge in [0, 0.05) is 42.5 Å². The van der Waals surface area contributed by atoms with Crippen LogP contribution in [-0.2, 0) is 6.54 Å². The third-order valence-corrected chi connectivity index (χ3v) is 6.27. The van der Waals surface area contributed by atoms with E-state index in [1.807, 2.05) is 12.1 Å². The third-order valence-electron chi connectivity index (χ3n) is 6.27. The Balaban J connectivity index is 1.32. The van der Waals surface area contributed by atoms with Crippen LogP contribution in [0.5, 0.6) is 0 Å². The van der Waals surface area contributed by atoms with E-state index in [2.05, 4.69) is 10.6 Å². The van der Waals surface area contributed by atoms with Crippen molar-refractivity contribution in [2.24, 2.45) is 5.92 Å². The van der Waals surface area contributed by atoms with Gasteiger partial charge in [0.05, 0.1) is 0 Å². The first-order valence-electron chi connectivity index (χ1n) is 10.9. The molecule has 3 amide bonds. The third kappa shape index (κ3) is 4.24. The van der Waals surface area contributed by atoms with Crippen LogP contribution < -0.4 is 16.2 Å². The molecule has 2 aromatic carbocycles. The Labute approximate surface area is 189 Å². The summed E-state index contributed by atoms with van der Waals surface area (Å²) in [5.74, 6) is -0.522. The van der Waals surface area contributed by atoms with Gasteiger partial charge >= 0.3 is 6.03 Å². The quantitative estimate of drug-likeness (QED) is 0.640. The summed E-state index contributed by atoms with van der Waals surface area (Å²) in [7, 11) is 0. The molecule has 0 aliphatic carbocycles. The molecule has 2 atom stereocenters. The molecular weight excluding hydrogens is 423 g/mol. The molecule has 7 nitrogen and oxygen atoms in total. The summed E-state index contributed by atoms with van der Waals surface area (Å²) < 4.78 is 14.8. The number of nitrogens with zero attached hydrogens (tertiary/aromatic N) is 2. The fourth-order valence-corrected chi connectivity index (χ4v) is 4.73. The standard InChI is InChI=1S/C25H23FN4O3/c26-19-6-8-20(9-7-19)27-25(33)29-13-16-12-18(15-29)22-11-10-21(24(32)30(22)14-16)28-23(31)17-4-2-1-3-5-17/h1-11,16,18H,12-15H2,(H,27,33)(H,28,31)/t16-,18+/m0/s1. The van der Waals surface area contributed by atoms with Crippen molar-refractivity contribution in [3.05, 3.63) is 94.2 Å². The van der Waals surface area contributed by atoms with Crippen LogP contribution in [0.15, 0.2) is 71.5 Å². The number of halogens is 1. The van der Waals surface area contributed by atoms with Gasteiger partial charge in [0.1, 0.15) is 11.5 Å². The molecule has 0 saturated carbocycles. The van der Waals surface area contributed by atoms with Crippen LogP contribution in [-0.4, -0.2) is 34.5 Å². The highest BCUT2D eigenvalue weighted by atomic mass is 19.1. The lowest BCUT2D eigenvalue weighted by Gasteiger charge is -2.42. The number of hydrogen-bond acceptors (Lipinski definition) is 3. The summed E-state index contributed by atoms with van der Waals surface area (Å²) in [6.45, 7) is 1.49. The molecule has 168 valence electrons. The Kier molecular flexibility index (Phi) is 5.42. The number of rotatable bonds is 3. The van der Waals surface area contributed by atoms with Gasteiger partial charge in [-0.1, -0.05) is 18.2 Å². The first kappa shape index (κ1) is 20.9. The largest absolute Gasteiger partial charge is 0.324 e. The van der Waals surface area contributed by atoms with E-state index in [-0.39, 0.29) is 40.8 Å². The number of likely N-dealkylation sites (tertiary alicyclic amines) is 1. The van der Waals surface area contributed by atoms with Crippen molar-refractivity contribution in [3.8, 4) is 0 Å². The minimum Gasteiger partial charge on any atom is -0.324 e. The van der Waals surface area contributed by atoms with E-state index in [9.17, 15) is 18.8 Å². The maximum Gasteiger partial charge on any atom is 0.321 e. The van der Waals surface area contributed by atoms with Gasteiger partial charge in [0.25, 0.3) is 11.5 Å². The zero-order valence-electron chi connectivity index (χ0n) is 17.8. The molecule has 8 heteroatoms. The highest BCUT2D eigenvalue weighted by molar-refractivity contribution is 6.04. The molecule has 2 bridgehead atoms. The van der Waals surface area contributed by atoms with Crippen LogP contribution >= 0.6 is 0 Å². The van der Waals surface area contributed by atoms with Gasteiger partial charge in [0.2, 0.25) is 0 Å². The van der Waals surface area contributed by atoms with E-state index in [1.165, 1.54) is 24.3 Å². The number of aromatic nitrogens is 1. The van der Waals surface area contributed by atoms with Crippen LogP contribution in [0.1, 0.15) is 28.4 Å². The Bertz CT molecular complexity index is 1260. The van der Waals surface area contributed by atoms with Gasteiger partial charge < -0.3 is 20.1 Å². The number of benzene rings is 2. The van der Waals surface area contributed by atoms with Gasteiger partial charge in [-0.25, -0.2) is 9.18 Å². The number of urea groups is 1. The minimum atomic E-state index is -0.359. The monoisotopic (exact) mass is 446 g/mol. The Morgan fingerprint density at radius 2 is 1.64 bits per heavy atom. The number of pyridine rings is 1. The highest BCUT2D eigenvalue weighted by Crippen LogP contribution is 2.35. The first-order chi connectivity index (χ1) is 16.0. The lowest BCUT2D eigenvalue weighted by molar-refractivity contribution is 0.102. The van der Waals surface area contributed by atoms with Crippen LogP contribution in [0, 0.1) is 11.7 Å². The number of anilines is 2. The van der Waals surface area contributed by atoms with Crippen LogP contribution in [0.4, 0.5) is 20.6 Å². The second-order valence-corrected chi connectivity index (χ2v) is 8.55. The number of hydrogen-bond donors (Lipinski definition) is 2. The molecule has 2 aliphatic rings. The Hall–Kier alpha value is -3.94. The lowest BCUT2D eigenvalue weighted by atomic mass is 9.83. The molecule has 2 aliphatic heterocycles. The molecule has 1 fully saturated rings. The smallest absolute Gasteiger partial charge is 0.321 e. The predicted octanol–water partition coefficient (Wildman–Crippen LogP) is 3.89. The maximum atomic E-state index is 13.1. The van der Waals surface area contributed by atoms with Crippen LogP contribution in [0.25, 0.3) is 0 Å². The van der Waals surface area contributed by atoms with Crippen molar-refractivity contribution in [2.45, 2.75) is 18.9 Å². The lowest BCUT2D eigenvalue weighted by Crippen LogP contribution is -2.50. The molecule has 3 aromatic rings. The predicted molar refractivity (Wildman–Crippen MR) is 123 cm³/mol. The van der Waals surface area contributed by atoms with E-state index in [0.29, 0.717) is 30.9 Å². The summed E-state index contributed by atoms with van der Waals surface area (Å²) in [4.78, 5) is 40.1. The van der Waals surface area contributed by atoms with Crippen molar-refractivity contribution in [2.75, 3.05) is 23.7 Å². The van der Waals surface area contributed by atoms with Crippen LogP contribution in [0.3, 0.4) is 0 Å². The van der Waals surface area contributed by atoms with E-state index >= 15 is 0 Å². The van der Waals surface area contributed by atoms with Crippen LogP contribution in [0.2, 0.25) is 0 Å². The number of carbonyl (C=O) groups is 2. The van der Waals surface area contributed by atoms with E-state index < -0.39 is 0 Å². The second kappa shape index (κ2) is 8.54. The Morgan fingerprint density at radius 3 is 2.39 bits per heavy atom. The topological polar surface area (TPSA) is 83.4 Å². The van der Waals surface area contributed by atoms with Gasteiger partial charge in [-0.05, 0) is 60.9 Å². The normalized spacial score (nSPS) is 18.9. The summed E-state index contributed by atoms with van der Waals surface area (Å²) in [5.41, 5.74) is 1.91. The van der Waals surface area contributed by atoms with E-state index in [1.54, 1.807) is 39.8 Å². The SMILES string of the molecule is O=C(Nc1ccc2n(c1=O)C[C@H]1C[C@@H]2CN(C(=O)Nc2ccc(F)cc2)C1)c1ccccc1. The zero-order valence-corrected chi connectivity index (χ0v) is 17.8. The zero-order chi connectivity index (χ0) is 22.9. The van der Waals surface area contributed by atoms with Gasteiger partial charge in [-0.15, -0.1) is 0 Å². The van der Waals surface area contributed by atoms with Gasteiger partial charge in [-0.3, -0.25) is 9.59 Å². The fourth-order valence-electron chi connectivity index (χ4n) is 4.73. The van der Waals surface area contributed by atoms with E-state index in [0.717, 1.165) is 12.1 Å². The average Bonchev–Trinajstić information content (AvgIpc) is 2.83. The number of piperidine rings is 1. The molecule has 0 radical (unpaired) electrons. The Morgan fingerprint density at radius 1 is 0.879 bits per heavy atom. The summed E-state index contributed by atoms with van der Waals surface area (Å²) in [6.07, 6.45) is 0.898. The number of carbonyl (C=O) groups excluding carboxylic acids is 2. The molecule has 2 N–H and O–H groups in total. The minimum absolute atomic E-state index is 0.0306. The molecule has 0 spiro atoms. The average molecular weight is 446 g/mol. The first-order valence-corrected chi connectivity index (χ1v) is 10.9. The van der Waals surface area contributed by atoms with Crippen molar-refractivity contribution >= 4 is 23.3 Å². The number of nitrogens with one attached hydrogen (secondary N) is 2. The highest BCUT2D eigenvalue weighted by Gasteiger charge is 2.36. The van der Waals surface area contributed by atoms with Gasteiger partial charge in [0.15, 0.2) is 0 Å². The van der Waals surface area contributed by atoms with Crippen molar-refractivity contribution in [1.82, 2.24) is 9.47 Å². The fraction of sp³-hybridized carbons (Fsp3) is 0.240. The molecule has 33 heavy (non-hydrogen) atoms. The number of fused-ring (bicyclic) bond motifs is 4. The summed E-state index contributed by atoms with van der Waals surface area (Å²) >= 11 is 0. The molecule has 1 saturated heterocycles. The summed E-state index contributed by atoms with van der Waals surface area (Å²) in [5, 5.41) is 5.54. The molecule has 0 unspecified atom stereocenters. The molecular formula is C25H23FN4O3.